The minimum absolute atomic E-state index is 0.568. The van der Waals surface area contributed by atoms with Crippen molar-refractivity contribution in [1.29, 1.82) is 0 Å². The van der Waals surface area contributed by atoms with E-state index in [2.05, 4.69) is 63.3 Å². The Hall–Kier alpha value is 0.947. The molecule has 0 aliphatic rings. The Balaban J connectivity index is 4.23. The molecule has 0 amide bonds. The predicted molar refractivity (Wildman–Crippen MR) is 60.6 cm³/mol. The quantitative estimate of drug-likeness (QED) is 0.357. The Kier molecular flexibility index (Phi) is 3.43. The first kappa shape index (κ1) is 10.9. The van der Waals surface area contributed by atoms with Crippen LogP contribution in [0, 0.1) is 0 Å². The lowest BCUT2D eigenvalue weighted by atomic mass is 10.2. The molecule has 0 bridgehead atoms. The van der Waals surface area contributed by atoms with Crippen molar-refractivity contribution in [3.8, 4) is 0 Å². The maximum atomic E-state index is 2.69. The lowest BCUT2D eigenvalue weighted by molar-refractivity contribution is 0.665. The molecule has 2 heteroatoms. The van der Waals surface area contributed by atoms with E-state index < -0.39 is 6.29 Å². The van der Waals surface area contributed by atoms with Crippen LogP contribution in [-0.4, -0.2) is 6.29 Å². The van der Waals surface area contributed by atoms with E-state index in [1.54, 1.807) is 0 Å². The van der Waals surface area contributed by atoms with Gasteiger partial charge >= 0.3 is 0 Å². The smallest absolute Gasteiger partial charge is 0.120 e. The SMILES string of the molecule is CC(C)(C)[SiH](I)C(C)(C)C. The topological polar surface area (TPSA) is 0 Å². The minimum Gasteiger partial charge on any atom is -0.122 e. The van der Waals surface area contributed by atoms with E-state index in [1.807, 2.05) is 0 Å². The maximum Gasteiger partial charge on any atom is 0.120 e. The van der Waals surface area contributed by atoms with Crippen molar-refractivity contribution in [3.05, 3.63) is 0 Å². The van der Waals surface area contributed by atoms with Crippen molar-refractivity contribution in [3.63, 3.8) is 0 Å². The van der Waals surface area contributed by atoms with Gasteiger partial charge in [-0.3, -0.25) is 0 Å². The summed E-state index contributed by atoms with van der Waals surface area (Å²) in [6.07, 6.45) is -0.609. The van der Waals surface area contributed by atoms with E-state index in [9.17, 15) is 0 Å². The second-order valence-corrected chi connectivity index (χ2v) is 13.0. The van der Waals surface area contributed by atoms with E-state index in [-0.39, 0.29) is 0 Å². The summed E-state index contributed by atoms with van der Waals surface area (Å²) >= 11 is 2.69. The van der Waals surface area contributed by atoms with Gasteiger partial charge in [0.25, 0.3) is 0 Å². The van der Waals surface area contributed by atoms with Gasteiger partial charge in [0.1, 0.15) is 6.29 Å². The molecule has 0 rings (SSSR count). The molecule has 0 unspecified atom stereocenters. The standard InChI is InChI=1S/C8H19ISi/c1-7(2,3)10(9)8(4,5)6/h10H,1-6H3. The maximum absolute atomic E-state index is 2.69. The Morgan fingerprint density at radius 1 is 0.800 bits per heavy atom. The molecule has 0 aliphatic carbocycles. The zero-order valence-corrected chi connectivity index (χ0v) is 11.3. The van der Waals surface area contributed by atoms with E-state index in [4.69, 9.17) is 0 Å². The Labute approximate surface area is 79.6 Å². The molecule has 0 heterocycles. The molecule has 0 aromatic heterocycles. The third-order valence-corrected chi connectivity index (χ3v) is 15.8. The highest BCUT2D eigenvalue weighted by Gasteiger charge is 2.33. The molecule has 0 aromatic rings. The molecule has 0 spiro atoms. The van der Waals surface area contributed by atoms with E-state index in [1.165, 1.54) is 0 Å². The van der Waals surface area contributed by atoms with E-state index in [0.29, 0.717) is 10.1 Å². The molecule has 0 saturated carbocycles. The third-order valence-electron chi connectivity index (χ3n) is 1.52. The van der Waals surface area contributed by atoms with Crippen LogP contribution in [0.15, 0.2) is 0 Å². The van der Waals surface area contributed by atoms with Crippen LogP contribution in [0.4, 0.5) is 0 Å². The van der Waals surface area contributed by atoms with Gasteiger partial charge in [0.15, 0.2) is 0 Å². The van der Waals surface area contributed by atoms with E-state index >= 15 is 0 Å². The number of hydrogen-bond acceptors (Lipinski definition) is 0. The van der Waals surface area contributed by atoms with Gasteiger partial charge in [-0.1, -0.05) is 41.5 Å². The van der Waals surface area contributed by atoms with Gasteiger partial charge in [-0.2, -0.15) is 0 Å². The molecule has 62 valence electrons. The molecule has 0 atom stereocenters. The number of rotatable bonds is 0. The highest BCUT2D eigenvalue weighted by Crippen LogP contribution is 2.45. The van der Waals surface area contributed by atoms with Gasteiger partial charge in [0.2, 0.25) is 0 Å². The summed E-state index contributed by atoms with van der Waals surface area (Å²) in [7, 11) is 0. The van der Waals surface area contributed by atoms with Gasteiger partial charge in [-0.05, 0) is 10.1 Å². The lowest BCUT2D eigenvalue weighted by Gasteiger charge is -2.34. The van der Waals surface area contributed by atoms with Crippen LogP contribution in [-0.2, 0) is 0 Å². The molecular weight excluding hydrogens is 251 g/mol. The van der Waals surface area contributed by atoms with Crippen molar-refractivity contribution < 1.29 is 0 Å². The first-order chi connectivity index (χ1) is 4.15. The van der Waals surface area contributed by atoms with Gasteiger partial charge in [0, 0.05) is 0 Å². The van der Waals surface area contributed by atoms with Crippen molar-refractivity contribution in [2.45, 2.75) is 51.6 Å². The first-order valence-electron chi connectivity index (χ1n) is 3.80. The lowest BCUT2D eigenvalue weighted by Crippen LogP contribution is -2.28. The van der Waals surface area contributed by atoms with Crippen LogP contribution >= 0.6 is 21.8 Å². The van der Waals surface area contributed by atoms with Crippen molar-refractivity contribution >= 4 is 28.1 Å². The van der Waals surface area contributed by atoms with Crippen LogP contribution in [0.5, 0.6) is 0 Å². The van der Waals surface area contributed by atoms with Crippen molar-refractivity contribution in [2.75, 3.05) is 0 Å². The Bertz CT molecular complexity index is 93.4. The molecule has 0 nitrogen and oxygen atoms in total. The second kappa shape index (κ2) is 3.13. The summed E-state index contributed by atoms with van der Waals surface area (Å²) in [4.78, 5) is 0. The second-order valence-electron chi connectivity index (χ2n) is 5.09. The molecule has 0 aromatic carbocycles. The van der Waals surface area contributed by atoms with Crippen molar-refractivity contribution in [1.82, 2.24) is 0 Å². The zero-order chi connectivity index (χ0) is 8.58. The fourth-order valence-electron chi connectivity index (χ4n) is 1.30. The fraction of sp³-hybridized carbons (Fsp3) is 1.00. The average molecular weight is 270 g/mol. The van der Waals surface area contributed by atoms with Crippen LogP contribution in [0.25, 0.3) is 0 Å². The first-order valence-corrected chi connectivity index (χ1v) is 9.12. The van der Waals surface area contributed by atoms with E-state index in [0.717, 1.165) is 0 Å². The van der Waals surface area contributed by atoms with Crippen LogP contribution in [0.2, 0.25) is 10.1 Å². The zero-order valence-electron chi connectivity index (χ0n) is 7.96. The number of hydrogen-bond donors (Lipinski definition) is 0. The fourth-order valence-corrected chi connectivity index (χ4v) is 3.90. The molecule has 0 saturated heterocycles. The van der Waals surface area contributed by atoms with Crippen LogP contribution in [0.1, 0.15) is 41.5 Å². The molecule has 0 radical (unpaired) electrons. The summed E-state index contributed by atoms with van der Waals surface area (Å²) in [5.74, 6) is 0. The Morgan fingerprint density at radius 2 is 1.00 bits per heavy atom. The van der Waals surface area contributed by atoms with Crippen LogP contribution < -0.4 is 0 Å². The van der Waals surface area contributed by atoms with Gasteiger partial charge in [-0.15, -0.1) is 21.8 Å². The number of halogens is 1. The third kappa shape index (κ3) is 3.37. The van der Waals surface area contributed by atoms with Gasteiger partial charge in [-0.25, -0.2) is 0 Å². The molecule has 0 N–H and O–H groups in total. The highest BCUT2D eigenvalue weighted by molar-refractivity contribution is 14.1. The summed E-state index contributed by atoms with van der Waals surface area (Å²) in [5.41, 5.74) is 0. The van der Waals surface area contributed by atoms with Crippen LogP contribution in [0.3, 0.4) is 0 Å². The normalized spacial score (nSPS) is 14.4. The summed E-state index contributed by atoms with van der Waals surface area (Å²) in [6.45, 7) is 14.2. The summed E-state index contributed by atoms with van der Waals surface area (Å²) in [6, 6.07) is 0. The average Bonchev–Trinajstić information content (AvgIpc) is 1.59. The molecule has 0 fully saturated rings. The molecule has 0 aliphatic heterocycles. The summed E-state index contributed by atoms with van der Waals surface area (Å²) in [5, 5.41) is 1.14. The summed E-state index contributed by atoms with van der Waals surface area (Å²) < 4.78 is 0. The largest absolute Gasteiger partial charge is 0.122 e. The highest BCUT2D eigenvalue weighted by atomic mass is 127. The predicted octanol–water partition coefficient (Wildman–Crippen LogP) is 3.75. The molecular formula is C8H19ISi. The van der Waals surface area contributed by atoms with Gasteiger partial charge in [0.05, 0.1) is 0 Å². The van der Waals surface area contributed by atoms with Gasteiger partial charge < -0.3 is 0 Å². The molecule has 10 heavy (non-hydrogen) atoms. The minimum atomic E-state index is -0.609. The Morgan fingerprint density at radius 3 is 1.00 bits per heavy atom. The monoisotopic (exact) mass is 270 g/mol. The van der Waals surface area contributed by atoms with Crippen molar-refractivity contribution in [2.24, 2.45) is 0 Å².